The van der Waals surface area contributed by atoms with E-state index >= 15 is 0 Å². The minimum absolute atomic E-state index is 0.0930. The van der Waals surface area contributed by atoms with Crippen molar-refractivity contribution in [3.63, 3.8) is 0 Å². The maximum Gasteiger partial charge on any atom is 0.407 e. The van der Waals surface area contributed by atoms with Gasteiger partial charge in [-0.3, -0.25) is 14.8 Å². The smallest absolute Gasteiger partial charge is 0.407 e. The van der Waals surface area contributed by atoms with Gasteiger partial charge in [0.1, 0.15) is 12.6 Å². The number of hydrogen-bond donors (Lipinski definition) is 3. The highest BCUT2D eigenvalue weighted by atomic mass is 16.5. The van der Waals surface area contributed by atoms with Crippen LogP contribution in [0.5, 0.6) is 0 Å². The minimum atomic E-state index is -1.09. The molecule has 2 aromatic heterocycles. The van der Waals surface area contributed by atoms with Crippen LogP contribution in [-0.4, -0.2) is 80.2 Å². The van der Waals surface area contributed by atoms with Gasteiger partial charge in [-0.1, -0.05) is 118 Å². The third-order valence-corrected chi connectivity index (χ3v) is 10.4. The summed E-state index contributed by atoms with van der Waals surface area (Å²) in [6.07, 6.45) is 0.885. The number of urea groups is 1. The second-order valence-electron chi connectivity index (χ2n) is 16.1. The number of amides is 4. The van der Waals surface area contributed by atoms with Gasteiger partial charge in [-0.25, -0.2) is 9.59 Å². The van der Waals surface area contributed by atoms with Gasteiger partial charge in [0.15, 0.2) is 0 Å². The average Bonchev–Trinajstić information content (AvgIpc) is 3.55. The molecule has 0 unspecified atom stereocenters. The highest BCUT2D eigenvalue weighted by Crippen LogP contribution is 2.29. The Morgan fingerprint density at radius 2 is 1.47 bits per heavy atom. The van der Waals surface area contributed by atoms with Crippen LogP contribution in [0, 0.1) is 12.3 Å². The molecule has 302 valence electrons. The highest BCUT2D eigenvalue weighted by Gasteiger charge is 2.44. The Hall–Kier alpha value is -6.07. The van der Waals surface area contributed by atoms with Crippen LogP contribution < -0.4 is 10.6 Å². The van der Waals surface area contributed by atoms with Crippen molar-refractivity contribution < 1.29 is 24.2 Å². The lowest BCUT2D eigenvalue weighted by atomic mass is 9.84. The van der Waals surface area contributed by atoms with Gasteiger partial charge < -0.3 is 30.3 Å². The van der Waals surface area contributed by atoms with Gasteiger partial charge in [0.25, 0.3) is 0 Å². The molecule has 3 aromatic carbocycles. The van der Waals surface area contributed by atoms with E-state index < -0.39 is 35.7 Å². The lowest BCUT2D eigenvalue weighted by Gasteiger charge is -2.38. The van der Waals surface area contributed by atoms with Crippen molar-refractivity contribution in [3.8, 4) is 11.3 Å². The average molecular weight is 783 g/mol. The molecule has 58 heavy (non-hydrogen) atoms. The van der Waals surface area contributed by atoms with Crippen LogP contribution in [0.3, 0.4) is 0 Å². The first kappa shape index (κ1) is 41.6. The number of aromatic nitrogens is 2. The number of hydrogen-bond acceptors (Lipinski definition) is 7. The van der Waals surface area contributed by atoms with Crippen LogP contribution in [-0.2, 0) is 35.5 Å². The first-order valence-corrected chi connectivity index (χ1v) is 19.9. The van der Waals surface area contributed by atoms with Gasteiger partial charge in [0.05, 0.1) is 30.1 Å². The number of carbonyl (C=O) groups is 3. The summed E-state index contributed by atoms with van der Waals surface area (Å²) in [5.74, 6) is -0.353. The molecular formula is C47H54N6O5. The van der Waals surface area contributed by atoms with Gasteiger partial charge >= 0.3 is 12.1 Å². The van der Waals surface area contributed by atoms with Crippen LogP contribution in [0.1, 0.15) is 55.3 Å². The van der Waals surface area contributed by atoms with Crippen molar-refractivity contribution in [2.75, 3.05) is 13.1 Å². The topological polar surface area (TPSA) is 137 Å². The van der Waals surface area contributed by atoms with Crippen molar-refractivity contribution in [1.29, 1.82) is 0 Å². The maximum absolute atomic E-state index is 14.5. The highest BCUT2D eigenvalue weighted by molar-refractivity contribution is 5.89. The zero-order valence-electron chi connectivity index (χ0n) is 33.8. The summed E-state index contributed by atoms with van der Waals surface area (Å²) in [5.41, 5.74) is 5.55. The van der Waals surface area contributed by atoms with Gasteiger partial charge in [-0.05, 0) is 72.6 Å². The van der Waals surface area contributed by atoms with Crippen molar-refractivity contribution >= 4 is 18.0 Å². The fourth-order valence-electron chi connectivity index (χ4n) is 7.50. The van der Waals surface area contributed by atoms with Crippen molar-refractivity contribution in [2.24, 2.45) is 5.41 Å². The Morgan fingerprint density at radius 1 is 0.793 bits per heavy atom. The van der Waals surface area contributed by atoms with E-state index in [9.17, 15) is 19.5 Å². The zero-order chi connectivity index (χ0) is 41.1. The molecule has 0 bridgehead atoms. The van der Waals surface area contributed by atoms with Gasteiger partial charge in [0, 0.05) is 36.6 Å². The molecule has 1 aliphatic heterocycles. The monoisotopic (exact) mass is 782 g/mol. The van der Waals surface area contributed by atoms with Crippen LogP contribution in [0.4, 0.5) is 9.59 Å². The molecule has 1 fully saturated rings. The molecule has 0 radical (unpaired) electrons. The number of ether oxygens (including phenoxy) is 1. The predicted molar refractivity (Wildman–Crippen MR) is 224 cm³/mol. The number of carbonyl (C=O) groups excluding carboxylic acids is 3. The molecule has 11 nitrogen and oxygen atoms in total. The molecule has 0 spiro atoms. The summed E-state index contributed by atoms with van der Waals surface area (Å²) in [4.78, 5) is 54.1. The third-order valence-electron chi connectivity index (χ3n) is 10.4. The minimum Gasteiger partial charge on any atom is -0.445 e. The van der Waals surface area contributed by atoms with E-state index in [-0.39, 0.29) is 25.0 Å². The number of alkyl carbamates (subject to hydrolysis) is 1. The number of benzene rings is 3. The summed E-state index contributed by atoms with van der Waals surface area (Å²) in [5, 5.41) is 18.3. The Labute approximate surface area is 341 Å². The van der Waals surface area contributed by atoms with Gasteiger partial charge in [0.2, 0.25) is 5.91 Å². The molecule has 5 aromatic rings. The molecule has 0 aliphatic carbocycles. The normalized spacial score (nSPS) is 15.0. The summed E-state index contributed by atoms with van der Waals surface area (Å²) in [7, 11) is 0. The molecule has 3 heterocycles. The second kappa shape index (κ2) is 19.4. The van der Waals surface area contributed by atoms with Crippen LogP contribution >= 0.6 is 0 Å². The number of pyridine rings is 2. The van der Waals surface area contributed by atoms with Crippen molar-refractivity contribution in [2.45, 2.75) is 84.3 Å². The van der Waals surface area contributed by atoms with E-state index in [1.807, 2.05) is 149 Å². The molecule has 1 saturated heterocycles. The Morgan fingerprint density at radius 3 is 2.12 bits per heavy atom. The number of rotatable bonds is 16. The molecule has 4 atom stereocenters. The number of aliphatic hydroxyl groups is 1. The Balaban J connectivity index is 1.21. The fraction of sp³-hybridized carbons (Fsp3) is 0.340. The standard InChI is InChI=1S/C47H54N6O5/c1-33-14-13-19-38(49-33)31-52-26-27-53(46(52)57)43(47(2,3)4)44(55)51-41(29-34-15-7-5-8-16-34)42(54)30-39(50-45(56)58-32-36-17-9-6-10-18-36)28-35-21-23-37(24-22-35)40-20-11-12-25-48-40/h5-25,39,41-43,54H,26-32H2,1-4H3,(H,50,56)(H,51,55)/t39-,41-,42-,43+/m0/s1. The molecular weight excluding hydrogens is 729 g/mol. The molecule has 11 heteroatoms. The van der Waals surface area contributed by atoms with Crippen molar-refractivity contribution in [3.05, 3.63) is 156 Å². The van der Waals surface area contributed by atoms with E-state index in [1.165, 1.54) is 0 Å². The van der Waals surface area contributed by atoms with Crippen LogP contribution in [0.15, 0.2) is 128 Å². The molecule has 0 saturated carbocycles. The Bertz CT molecular complexity index is 2090. The summed E-state index contributed by atoms with van der Waals surface area (Å²) in [6.45, 7) is 9.02. The van der Waals surface area contributed by atoms with Crippen LogP contribution in [0.25, 0.3) is 11.3 Å². The molecule has 1 aliphatic rings. The maximum atomic E-state index is 14.5. The molecule has 6 rings (SSSR count). The largest absolute Gasteiger partial charge is 0.445 e. The quantitative estimate of drug-likeness (QED) is 0.0970. The van der Waals surface area contributed by atoms with E-state index in [0.717, 1.165) is 39.3 Å². The van der Waals surface area contributed by atoms with E-state index in [2.05, 4.69) is 20.6 Å². The molecule has 4 amide bonds. The Kier molecular flexibility index (Phi) is 13.9. The number of aryl methyl sites for hydroxylation is 1. The first-order chi connectivity index (χ1) is 27.9. The fourth-order valence-corrected chi connectivity index (χ4v) is 7.50. The van der Waals surface area contributed by atoms with Gasteiger partial charge in [-0.15, -0.1) is 0 Å². The summed E-state index contributed by atoms with van der Waals surface area (Å²) < 4.78 is 5.61. The molecule has 3 N–H and O–H groups in total. The van der Waals surface area contributed by atoms with E-state index in [1.54, 1.807) is 16.0 Å². The third kappa shape index (κ3) is 11.5. The number of nitrogens with one attached hydrogen (secondary N) is 2. The first-order valence-electron chi connectivity index (χ1n) is 19.9. The van der Waals surface area contributed by atoms with E-state index in [4.69, 9.17) is 4.74 Å². The SMILES string of the molecule is Cc1cccc(CN2CCN([C@H](C(=O)N[C@@H](Cc3ccccc3)[C@@H](O)C[C@H](Cc3ccc(-c4ccccn4)cc3)NC(=O)OCc3ccccc3)C(C)(C)C)C2=O)n1. The summed E-state index contributed by atoms with van der Waals surface area (Å²) >= 11 is 0. The number of aliphatic hydroxyl groups excluding tert-OH is 1. The second-order valence-corrected chi connectivity index (χ2v) is 16.1. The lowest BCUT2D eigenvalue weighted by molar-refractivity contribution is -0.130. The zero-order valence-corrected chi connectivity index (χ0v) is 33.8. The van der Waals surface area contributed by atoms with Crippen LogP contribution in [0.2, 0.25) is 0 Å². The summed E-state index contributed by atoms with van der Waals surface area (Å²) in [6, 6.07) is 36.2. The lowest BCUT2D eigenvalue weighted by Crippen LogP contribution is -2.58. The van der Waals surface area contributed by atoms with E-state index in [0.29, 0.717) is 32.5 Å². The van der Waals surface area contributed by atoms with Gasteiger partial charge in [-0.2, -0.15) is 0 Å². The van der Waals surface area contributed by atoms with Crippen molar-refractivity contribution in [1.82, 2.24) is 30.4 Å². The predicted octanol–water partition coefficient (Wildman–Crippen LogP) is 7.12. The number of nitrogens with zero attached hydrogens (tertiary/aromatic N) is 4.